The normalized spacial score (nSPS) is 19.0. The number of rotatable bonds is 7. The van der Waals surface area contributed by atoms with Gasteiger partial charge >= 0.3 is 12.2 Å². The topological polar surface area (TPSA) is 107 Å². The van der Waals surface area contributed by atoms with Crippen LogP contribution in [-0.4, -0.2) is 71.0 Å². The molecule has 4 rings (SSSR count). The molecule has 2 aliphatic rings. The van der Waals surface area contributed by atoms with E-state index < -0.39 is 37.3 Å². The van der Waals surface area contributed by atoms with E-state index in [0.717, 1.165) is 17.0 Å². The van der Waals surface area contributed by atoms with Crippen LogP contribution in [-0.2, 0) is 14.0 Å². The quantitative estimate of drug-likeness (QED) is 0.544. The number of nitrogens with zero attached hydrogens (tertiary/aromatic N) is 2. The predicted octanol–water partition coefficient (Wildman–Crippen LogP) is 3.83. The number of hydrogen-bond acceptors (Lipinski definition) is 8. The molecule has 2 fully saturated rings. The first-order valence-corrected chi connectivity index (χ1v) is 13.2. The zero-order valence-corrected chi connectivity index (χ0v) is 20.6. The van der Waals surface area contributed by atoms with Gasteiger partial charge in [0, 0.05) is 25.2 Å². The average molecular weight is 525 g/mol. The van der Waals surface area contributed by atoms with Gasteiger partial charge in [-0.05, 0) is 24.3 Å². The standard InChI is InChI=1S/C23H26F2N3O7P/c1-32-16-3-5-17(6-4-16)35-36(31)9-7-27(8-10-36)21-19(24)11-15(12-20(21)25)28-14-18(34-23(28)30)13-26-22(29)33-2/h3-6,11-12,18H,7-10,13-14H2,1-2H3,(H,26,29)/t18-/m0/s1. The number of methoxy groups -OCH3 is 2. The summed E-state index contributed by atoms with van der Waals surface area (Å²) in [6, 6.07) is 8.80. The number of benzene rings is 2. The van der Waals surface area contributed by atoms with Gasteiger partial charge < -0.3 is 29.0 Å². The van der Waals surface area contributed by atoms with E-state index in [4.69, 9.17) is 14.0 Å². The minimum Gasteiger partial charge on any atom is -0.497 e. The van der Waals surface area contributed by atoms with Gasteiger partial charge in [-0.3, -0.25) is 9.46 Å². The highest BCUT2D eigenvalue weighted by Crippen LogP contribution is 2.49. The molecule has 2 aromatic rings. The highest BCUT2D eigenvalue weighted by molar-refractivity contribution is 7.59. The van der Waals surface area contributed by atoms with Crippen LogP contribution >= 0.6 is 7.37 Å². The van der Waals surface area contributed by atoms with E-state index in [2.05, 4.69) is 10.1 Å². The Morgan fingerprint density at radius 2 is 1.72 bits per heavy atom. The van der Waals surface area contributed by atoms with Crippen molar-refractivity contribution in [3.8, 4) is 11.5 Å². The summed E-state index contributed by atoms with van der Waals surface area (Å²) in [6.07, 6.45) is -1.94. The molecule has 2 amide bonds. The molecule has 36 heavy (non-hydrogen) atoms. The van der Waals surface area contributed by atoms with Gasteiger partial charge in [0.05, 0.1) is 45.3 Å². The number of ether oxygens (including phenoxy) is 3. The van der Waals surface area contributed by atoms with Crippen LogP contribution in [0.5, 0.6) is 11.5 Å². The van der Waals surface area contributed by atoms with Crippen molar-refractivity contribution in [2.75, 3.05) is 62.5 Å². The zero-order valence-electron chi connectivity index (χ0n) is 19.7. The summed E-state index contributed by atoms with van der Waals surface area (Å²) in [4.78, 5) is 26.0. The molecular weight excluding hydrogens is 499 g/mol. The summed E-state index contributed by atoms with van der Waals surface area (Å²) in [5.74, 6) is -0.643. The van der Waals surface area contributed by atoms with Crippen molar-refractivity contribution < 1.29 is 41.7 Å². The van der Waals surface area contributed by atoms with E-state index in [-0.39, 0.29) is 49.9 Å². The van der Waals surface area contributed by atoms with Crippen LogP contribution in [0.1, 0.15) is 0 Å². The zero-order chi connectivity index (χ0) is 25.9. The molecule has 1 atom stereocenters. The maximum Gasteiger partial charge on any atom is 0.414 e. The Labute approximate surface area is 206 Å². The number of alkyl carbamates (subject to hydrolysis) is 1. The second-order valence-corrected chi connectivity index (χ2v) is 11.0. The number of anilines is 2. The highest BCUT2D eigenvalue weighted by Gasteiger charge is 2.36. The summed E-state index contributed by atoms with van der Waals surface area (Å²) >= 11 is 0. The van der Waals surface area contributed by atoms with Gasteiger partial charge in [-0.25, -0.2) is 18.4 Å². The monoisotopic (exact) mass is 525 g/mol. The Balaban J connectivity index is 1.40. The van der Waals surface area contributed by atoms with Crippen molar-refractivity contribution in [2.24, 2.45) is 0 Å². The Hall–Kier alpha value is -3.53. The Morgan fingerprint density at radius 1 is 1.11 bits per heavy atom. The molecule has 0 spiro atoms. The summed E-state index contributed by atoms with van der Waals surface area (Å²) in [7, 11) is -0.303. The van der Waals surface area contributed by atoms with Crippen LogP contribution in [0.25, 0.3) is 0 Å². The fraction of sp³-hybridized carbons (Fsp3) is 0.391. The second kappa shape index (κ2) is 10.6. The minimum atomic E-state index is -3.04. The molecule has 2 aromatic carbocycles. The van der Waals surface area contributed by atoms with Crippen molar-refractivity contribution >= 4 is 30.9 Å². The van der Waals surface area contributed by atoms with Crippen molar-refractivity contribution in [3.63, 3.8) is 0 Å². The molecule has 10 nitrogen and oxygen atoms in total. The predicted molar refractivity (Wildman–Crippen MR) is 128 cm³/mol. The Kier molecular flexibility index (Phi) is 7.53. The lowest BCUT2D eigenvalue weighted by molar-refractivity contribution is 0.132. The van der Waals surface area contributed by atoms with E-state index in [1.54, 1.807) is 24.3 Å². The van der Waals surface area contributed by atoms with Gasteiger partial charge in [0.15, 0.2) is 11.6 Å². The third kappa shape index (κ3) is 5.64. The van der Waals surface area contributed by atoms with Crippen LogP contribution in [0.4, 0.5) is 29.7 Å². The molecule has 0 saturated carbocycles. The Bertz CT molecular complexity index is 1150. The molecule has 0 bridgehead atoms. The molecule has 0 radical (unpaired) electrons. The number of carbonyl (C=O) groups excluding carboxylic acids is 2. The first-order chi connectivity index (χ1) is 17.2. The average Bonchev–Trinajstić information content (AvgIpc) is 3.24. The van der Waals surface area contributed by atoms with Crippen molar-refractivity contribution in [3.05, 3.63) is 48.0 Å². The van der Waals surface area contributed by atoms with Crippen LogP contribution < -0.4 is 24.4 Å². The van der Waals surface area contributed by atoms with E-state index in [0.29, 0.717) is 11.5 Å². The van der Waals surface area contributed by atoms with Gasteiger partial charge in [0.2, 0.25) is 0 Å². The summed E-state index contributed by atoms with van der Waals surface area (Å²) < 4.78 is 63.7. The SMILES string of the molecule is COC(=O)NC[C@H]1CN(c2cc(F)c(N3CCP(=O)(Oc4ccc(OC)cc4)CC3)c(F)c2)C(=O)O1. The summed E-state index contributed by atoms with van der Waals surface area (Å²) in [5.41, 5.74) is -0.268. The van der Waals surface area contributed by atoms with E-state index in [1.165, 1.54) is 19.1 Å². The van der Waals surface area contributed by atoms with Gasteiger partial charge in [-0.2, -0.15) is 0 Å². The minimum absolute atomic E-state index is 0.00332. The van der Waals surface area contributed by atoms with Crippen LogP contribution in [0, 0.1) is 11.6 Å². The van der Waals surface area contributed by atoms with Gasteiger partial charge in [0.25, 0.3) is 7.37 Å². The lowest BCUT2D eigenvalue weighted by Gasteiger charge is -2.34. The third-order valence-electron chi connectivity index (χ3n) is 5.92. The van der Waals surface area contributed by atoms with Gasteiger partial charge in [-0.1, -0.05) is 0 Å². The number of halogens is 2. The summed E-state index contributed by atoms with van der Waals surface area (Å²) in [5, 5.41) is 2.41. The fourth-order valence-electron chi connectivity index (χ4n) is 4.03. The van der Waals surface area contributed by atoms with Crippen molar-refractivity contribution in [1.82, 2.24) is 5.32 Å². The number of carbonyl (C=O) groups is 2. The molecule has 2 saturated heterocycles. The number of nitrogens with one attached hydrogen (secondary N) is 1. The number of cyclic esters (lactones) is 1. The molecule has 2 aliphatic heterocycles. The lowest BCUT2D eigenvalue weighted by Crippen LogP contribution is -2.37. The van der Waals surface area contributed by atoms with E-state index in [1.807, 2.05) is 0 Å². The van der Waals surface area contributed by atoms with E-state index >= 15 is 8.78 Å². The smallest absolute Gasteiger partial charge is 0.414 e. The number of hydrogen-bond donors (Lipinski definition) is 1. The summed E-state index contributed by atoms with van der Waals surface area (Å²) in [6.45, 7) is 0.252. The molecule has 1 N–H and O–H groups in total. The molecular formula is C23H26F2N3O7P. The van der Waals surface area contributed by atoms with Crippen LogP contribution in [0.2, 0.25) is 0 Å². The molecule has 0 aromatic heterocycles. The van der Waals surface area contributed by atoms with Crippen LogP contribution in [0.15, 0.2) is 36.4 Å². The maximum absolute atomic E-state index is 15.0. The van der Waals surface area contributed by atoms with Crippen LogP contribution in [0.3, 0.4) is 0 Å². The van der Waals surface area contributed by atoms with E-state index in [9.17, 15) is 14.2 Å². The highest BCUT2D eigenvalue weighted by atomic mass is 31.2. The Morgan fingerprint density at radius 3 is 2.31 bits per heavy atom. The maximum atomic E-state index is 15.0. The largest absolute Gasteiger partial charge is 0.497 e. The van der Waals surface area contributed by atoms with Gasteiger partial charge in [-0.15, -0.1) is 0 Å². The molecule has 194 valence electrons. The molecule has 0 aliphatic carbocycles. The third-order valence-corrected chi connectivity index (χ3v) is 8.22. The first-order valence-electron chi connectivity index (χ1n) is 11.2. The van der Waals surface area contributed by atoms with Crippen molar-refractivity contribution in [1.29, 1.82) is 0 Å². The number of amides is 2. The fourth-order valence-corrected chi connectivity index (χ4v) is 6.04. The second-order valence-electron chi connectivity index (χ2n) is 8.26. The van der Waals surface area contributed by atoms with Gasteiger partial charge in [0.1, 0.15) is 23.3 Å². The molecule has 0 unspecified atom stereocenters. The van der Waals surface area contributed by atoms with Crippen molar-refractivity contribution in [2.45, 2.75) is 6.10 Å². The molecule has 2 heterocycles. The lowest BCUT2D eigenvalue weighted by atomic mass is 10.2. The molecule has 13 heteroatoms. The first kappa shape index (κ1) is 25.6.